The molecule has 2 aromatic heterocycles. The zero-order valence-corrected chi connectivity index (χ0v) is 13.4. The molecule has 0 spiro atoms. The molecule has 0 aliphatic carbocycles. The van der Waals surface area contributed by atoms with Crippen LogP contribution in [0, 0.1) is 6.92 Å². The molecule has 2 aromatic rings. The summed E-state index contributed by atoms with van der Waals surface area (Å²) >= 11 is 4.96. The second kappa shape index (κ2) is 4.86. The average Bonchev–Trinajstić information content (AvgIpc) is 2.81. The first-order valence-corrected chi connectivity index (χ1v) is 7.74. The fourth-order valence-corrected chi connectivity index (χ4v) is 3.94. The van der Waals surface area contributed by atoms with Gasteiger partial charge in [-0.2, -0.15) is 0 Å². The number of fused-ring (bicyclic) bond motifs is 1. The van der Waals surface area contributed by atoms with Gasteiger partial charge in [0.1, 0.15) is 5.75 Å². The van der Waals surface area contributed by atoms with E-state index in [0.29, 0.717) is 11.3 Å². The zero-order valence-electron chi connectivity index (χ0n) is 11.0. The Morgan fingerprint density at radius 1 is 1.40 bits per heavy atom. The molecule has 104 valence electrons. The van der Waals surface area contributed by atoms with Crippen molar-refractivity contribution in [1.82, 2.24) is 4.57 Å². The van der Waals surface area contributed by atoms with Crippen molar-refractivity contribution < 1.29 is 9.53 Å². The number of hydrogen-bond acceptors (Lipinski definition) is 4. The Labute approximate surface area is 128 Å². The third kappa shape index (κ3) is 2.13. The van der Waals surface area contributed by atoms with Crippen LogP contribution in [0.1, 0.15) is 28.5 Å². The maximum atomic E-state index is 12.5. The standard InChI is InChI=1S/C14H12BrNO3S/c1-7-5-9-13(14(18)16(7)2)8(6-12(17)19-9)10-3-4-11(15)20-10/h3-5,8H,6H2,1-2H3/t8-/m1/s1. The van der Waals surface area contributed by atoms with Gasteiger partial charge in [0.05, 0.1) is 15.8 Å². The van der Waals surface area contributed by atoms with Gasteiger partial charge in [-0.15, -0.1) is 11.3 Å². The topological polar surface area (TPSA) is 48.3 Å². The van der Waals surface area contributed by atoms with E-state index in [2.05, 4.69) is 15.9 Å². The van der Waals surface area contributed by atoms with Gasteiger partial charge in [-0.3, -0.25) is 9.59 Å². The monoisotopic (exact) mass is 353 g/mol. The molecule has 0 saturated carbocycles. The third-order valence-electron chi connectivity index (χ3n) is 3.55. The lowest BCUT2D eigenvalue weighted by Gasteiger charge is -2.24. The second-order valence-electron chi connectivity index (χ2n) is 4.80. The molecular formula is C14H12BrNO3S. The fourth-order valence-electron chi connectivity index (χ4n) is 2.41. The van der Waals surface area contributed by atoms with Crippen LogP contribution in [-0.4, -0.2) is 10.5 Å². The molecule has 0 N–H and O–H groups in total. The van der Waals surface area contributed by atoms with Crippen LogP contribution in [0.4, 0.5) is 0 Å². The van der Waals surface area contributed by atoms with Crippen LogP contribution >= 0.6 is 27.3 Å². The average molecular weight is 354 g/mol. The minimum Gasteiger partial charge on any atom is -0.426 e. The molecule has 1 aliphatic rings. The normalized spacial score (nSPS) is 17.8. The molecule has 0 unspecified atom stereocenters. The first-order chi connectivity index (χ1) is 9.47. The maximum Gasteiger partial charge on any atom is 0.312 e. The summed E-state index contributed by atoms with van der Waals surface area (Å²) in [6.07, 6.45) is 0.207. The lowest BCUT2D eigenvalue weighted by molar-refractivity contribution is -0.135. The fraction of sp³-hybridized carbons (Fsp3) is 0.286. The number of pyridine rings is 1. The maximum absolute atomic E-state index is 12.5. The van der Waals surface area contributed by atoms with E-state index in [-0.39, 0.29) is 23.9 Å². The number of carbonyl (C=O) groups excluding carboxylic acids is 1. The van der Waals surface area contributed by atoms with Gasteiger partial charge in [-0.05, 0) is 35.0 Å². The predicted octanol–water partition coefficient (Wildman–Crippen LogP) is 2.96. The van der Waals surface area contributed by atoms with Crippen molar-refractivity contribution in [1.29, 1.82) is 0 Å². The van der Waals surface area contributed by atoms with Crippen LogP contribution < -0.4 is 10.3 Å². The third-order valence-corrected chi connectivity index (χ3v) is 5.29. The SMILES string of the molecule is Cc1cc2c(c(=O)n1C)[C@@H](c1ccc(Br)s1)CC(=O)O2. The molecule has 0 bridgehead atoms. The Hall–Kier alpha value is -1.40. The van der Waals surface area contributed by atoms with Gasteiger partial charge in [-0.25, -0.2) is 0 Å². The summed E-state index contributed by atoms with van der Waals surface area (Å²) < 4.78 is 7.82. The van der Waals surface area contributed by atoms with Gasteiger partial charge < -0.3 is 9.30 Å². The molecule has 0 fully saturated rings. The quantitative estimate of drug-likeness (QED) is 0.740. The highest BCUT2D eigenvalue weighted by Gasteiger charge is 2.32. The molecule has 0 radical (unpaired) electrons. The van der Waals surface area contributed by atoms with Crippen LogP contribution in [-0.2, 0) is 11.8 Å². The number of aromatic nitrogens is 1. The number of rotatable bonds is 1. The van der Waals surface area contributed by atoms with Gasteiger partial charge in [0.15, 0.2) is 0 Å². The molecular weight excluding hydrogens is 342 g/mol. The van der Waals surface area contributed by atoms with E-state index in [1.165, 1.54) is 11.3 Å². The first-order valence-electron chi connectivity index (χ1n) is 6.14. The van der Waals surface area contributed by atoms with Crippen molar-refractivity contribution >= 4 is 33.2 Å². The van der Waals surface area contributed by atoms with Gasteiger partial charge >= 0.3 is 5.97 Å². The number of hydrogen-bond donors (Lipinski definition) is 0. The smallest absolute Gasteiger partial charge is 0.312 e. The van der Waals surface area contributed by atoms with E-state index in [1.54, 1.807) is 17.7 Å². The molecule has 3 heterocycles. The number of esters is 1. The lowest BCUT2D eigenvalue weighted by atomic mass is 9.92. The zero-order chi connectivity index (χ0) is 14.4. The molecule has 3 rings (SSSR count). The number of aryl methyl sites for hydroxylation is 1. The first kappa shape index (κ1) is 13.6. The van der Waals surface area contributed by atoms with E-state index in [9.17, 15) is 9.59 Å². The summed E-state index contributed by atoms with van der Waals surface area (Å²) in [5, 5.41) is 0. The second-order valence-corrected chi connectivity index (χ2v) is 7.30. The summed E-state index contributed by atoms with van der Waals surface area (Å²) in [4.78, 5) is 25.3. The number of nitrogens with zero attached hydrogens (tertiary/aromatic N) is 1. The van der Waals surface area contributed by atoms with Crippen LogP contribution in [0.25, 0.3) is 0 Å². The van der Waals surface area contributed by atoms with E-state index in [0.717, 1.165) is 14.4 Å². The highest BCUT2D eigenvalue weighted by Crippen LogP contribution is 2.40. The molecule has 4 nitrogen and oxygen atoms in total. The Balaban J connectivity index is 2.24. The van der Waals surface area contributed by atoms with Crippen LogP contribution in [0.2, 0.25) is 0 Å². The summed E-state index contributed by atoms with van der Waals surface area (Å²) in [5.41, 5.74) is 1.25. The van der Waals surface area contributed by atoms with Crippen molar-refractivity contribution in [3.63, 3.8) is 0 Å². The van der Waals surface area contributed by atoms with Crippen molar-refractivity contribution in [2.45, 2.75) is 19.3 Å². The lowest BCUT2D eigenvalue weighted by Crippen LogP contribution is -2.31. The largest absolute Gasteiger partial charge is 0.426 e. The Morgan fingerprint density at radius 3 is 2.80 bits per heavy atom. The van der Waals surface area contributed by atoms with Crippen molar-refractivity contribution in [2.75, 3.05) is 0 Å². The molecule has 0 aromatic carbocycles. The van der Waals surface area contributed by atoms with Gasteiger partial charge in [-0.1, -0.05) is 0 Å². The van der Waals surface area contributed by atoms with Gasteiger partial charge in [0.25, 0.3) is 5.56 Å². The minimum atomic E-state index is -0.292. The predicted molar refractivity (Wildman–Crippen MR) is 80.5 cm³/mol. The summed E-state index contributed by atoms with van der Waals surface area (Å²) in [6, 6.07) is 5.63. The Kier molecular flexibility index (Phi) is 3.30. The van der Waals surface area contributed by atoms with Crippen LogP contribution in [0.3, 0.4) is 0 Å². The van der Waals surface area contributed by atoms with E-state index in [1.807, 2.05) is 19.1 Å². The number of ether oxygens (including phenoxy) is 1. The van der Waals surface area contributed by atoms with Gasteiger partial charge in [0.2, 0.25) is 0 Å². The minimum absolute atomic E-state index is 0.0953. The number of carbonyl (C=O) groups is 1. The van der Waals surface area contributed by atoms with E-state index >= 15 is 0 Å². The van der Waals surface area contributed by atoms with Crippen LogP contribution in [0.5, 0.6) is 5.75 Å². The van der Waals surface area contributed by atoms with Gasteiger partial charge in [0, 0.05) is 29.6 Å². The summed E-state index contributed by atoms with van der Waals surface area (Å²) in [7, 11) is 1.73. The number of halogens is 1. The molecule has 0 saturated heterocycles. The number of thiophene rings is 1. The molecule has 6 heteroatoms. The molecule has 0 amide bonds. The highest BCUT2D eigenvalue weighted by atomic mass is 79.9. The highest BCUT2D eigenvalue weighted by molar-refractivity contribution is 9.11. The van der Waals surface area contributed by atoms with E-state index < -0.39 is 0 Å². The summed E-state index contributed by atoms with van der Waals surface area (Å²) in [6.45, 7) is 1.82. The van der Waals surface area contributed by atoms with Crippen molar-refractivity contribution in [2.24, 2.45) is 7.05 Å². The van der Waals surface area contributed by atoms with E-state index in [4.69, 9.17) is 4.74 Å². The summed E-state index contributed by atoms with van der Waals surface area (Å²) in [5.74, 6) is -0.113. The molecule has 20 heavy (non-hydrogen) atoms. The Bertz CT molecular complexity index is 762. The van der Waals surface area contributed by atoms with Crippen molar-refractivity contribution in [3.05, 3.63) is 48.5 Å². The Morgan fingerprint density at radius 2 is 2.15 bits per heavy atom. The molecule has 1 atom stereocenters. The van der Waals surface area contributed by atoms with Crippen LogP contribution in [0.15, 0.2) is 26.8 Å². The molecule has 1 aliphatic heterocycles. The van der Waals surface area contributed by atoms with Crippen molar-refractivity contribution in [3.8, 4) is 5.75 Å².